The van der Waals surface area contributed by atoms with Crippen LogP contribution in [0.4, 0.5) is 5.69 Å². The van der Waals surface area contributed by atoms with Crippen molar-refractivity contribution in [3.8, 4) is 11.1 Å². The average Bonchev–Trinajstić information content (AvgIpc) is 2.36. The number of H-pyrrole nitrogens is 1. The standard InChI is InChI=1S/C11H5Cl3N2O3/c12-7-1-2-8(13)10(14)9(7)6-3-5(16(18)19)4-15-11(6)17/h1-4H,(H,15,17). The summed E-state index contributed by atoms with van der Waals surface area (Å²) >= 11 is 17.8. The SMILES string of the molecule is O=c1[nH]cc([N+](=O)[O-])cc1-c1c(Cl)ccc(Cl)c1Cl. The van der Waals surface area contributed by atoms with E-state index < -0.39 is 10.5 Å². The molecule has 0 aliphatic carbocycles. The van der Waals surface area contributed by atoms with Crippen molar-refractivity contribution in [3.63, 3.8) is 0 Å². The molecule has 0 aliphatic heterocycles. The van der Waals surface area contributed by atoms with Crippen LogP contribution < -0.4 is 5.56 Å². The van der Waals surface area contributed by atoms with Crippen molar-refractivity contribution in [1.82, 2.24) is 4.98 Å². The largest absolute Gasteiger partial charge is 0.322 e. The zero-order valence-corrected chi connectivity index (χ0v) is 11.4. The summed E-state index contributed by atoms with van der Waals surface area (Å²) in [5, 5.41) is 11.2. The van der Waals surface area contributed by atoms with Gasteiger partial charge < -0.3 is 4.98 Å². The normalized spacial score (nSPS) is 10.5. The molecular formula is C11H5Cl3N2O3. The molecule has 5 nitrogen and oxygen atoms in total. The highest BCUT2D eigenvalue weighted by molar-refractivity contribution is 6.46. The van der Waals surface area contributed by atoms with E-state index in [4.69, 9.17) is 34.8 Å². The molecule has 0 fully saturated rings. The van der Waals surface area contributed by atoms with Gasteiger partial charge in [0.25, 0.3) is 11.2 Å². The van der Waals surface area contributed by atoms with E-state index >= 15 is 0 Å². The maximum atomic E-state index is 11.8. The predicted octanol–water partition coefficient (Wildman–Crippen LogP) is 3.91. The third kappa shape index (κ3) is 2.58. The summed E-state index contributed by atoms with van der Waals surface area (Å²) in [5.41, 5.74) is -0.661. The molecule has 1 aromatic heterocycles. The van der Waals surface area contributed by atoms with E-state index in [1.165, 1.54) is 12.1 Å². The Morgan fingerprint density at radius 3 is 2.42 bits per heavy atom. The molecule has 0 atom stereocenters. The molecule has 2 rings (SSSR count). The van der Waals surface area contributed by atoms with Crippen molar-refractivity contribution in [1.29, 1.82) is 0 Å². The smallest absolute Gasteiger partial charge is 0.286 e. The van der Waals surface area contributed by atoms with Gasteiger partial charge >= 0.3 is 0 Å². The summed E-state index contributed by atoms with van der Waals surface area (Å²) in [6, 6.07) is 4.03. The highest BCUT2D eigenvalue weighted by atomic mass is 35.5. The maximum absolute atomic E-state index is 11.8. The van der Waals surface area contributed by atoms with E-state index in [2.05, 4.69) is 4.98 Å². The van der Waals surface area contributed by atoms with Crippen molar-refractivity contribution in [2.24, 2.45) is 0 Å². The number of benzene rings is 1. The molecule has 98 valence electrons. The van der Waals surface area contributed by atoms with Crippen molar-refractivity contribution in [2.75, 3.05) is 0 Å². The molecule has 0 saturated carbocycles. The minimum absolute atomic E-state index is 0.00769. The van der Waals surface area contributed by atoms with Crippen molar-refractivity contribution < 1.29 is 4.92 Å². The van der Waals surface area contributed by atoms with Gasteiger partial charge in [0.15, 0.2) is 0 Å². The minimum Gasteiger partial charge on any atom is -0.322 e. The molecule has 2 aromatic rings. The number of halogens is 3. The van der Waals surface area contributed by atoms with Crippen LogP contribution in [0.5, 0.6) is 0 Å². The number of hydrogen-bond donors (Lipinski definition) is 1. The van der Waals surface area contributed by atoms with Gasteiger partial charge in [-0.25, -0.2) is 0 Å². The first-order chi connectivity index (χ1) is 8.91. The topological polar surface area (TPSA) is 76.0 Å². The summed E-state index contributed by atoms with van der Waals surface area (Å²) in [6.45, 7) is 0. The first kappa shape index (κ1) is 13.9. The van der Waals surface area contributed by atoms with Crippen LogP contribution in [0.1, 0.15) is 0 Å². The number of hydrogen-bond acceptors (Lipinski definition) is 3. The third-order valence-corrected chi connectivity index (χ3v) is 3.53. The second-order valence-corrected chi connectivity index (χ2v) is 4.77. The Balaban J connectivity index is 2.79. The first-order valence-electron chi connectivity index (χ1n) is 4.93. The lowest BCUT2D eigenvalue weighted by molar-refractivity contribution is -0.385. The summed E-state index contributed by atoms with van der Waals surface area (Å²) in [6.07, 6.45) is 0.998. The van der Waals surface area contributed by atoms with E-state index in [1.54, 1.807) is 0 Å². The van der Waals surface area contributed by atoms with Gasteiger partial charge in [-0.05, 0) is 12.1 Å². The lowest BCUT2D eigenvalue weighted by atomic mass is 10.1. The molecule has 0 spiro atoms. The molecule has 19 heavy (non-hydrogen) atoms. The molecule has 8 heteroatoms. The summed E-state index contributed by atoms with van der Waals surface area (Å²) < 4.78 is 0. The number of nitro groups is 1. The molecule has 0 aliphatic rings. The Kier molecular flexibility index (Phi) is 3.80. The van der Waals surface area contributed by atoms with E-state index in [0.29, 0.717) is 0 Å². The van der Waals surface area contributed by atoms with Gasteiger partial charge in [0.05, 0.1) is 31.8 Å². The van der Waals surface area contributed by atoms with E-state index in [9.17, 15) is 14.9 Å². The molecule has 0 amide bonds. The van der Waals surface area contributed by atoms with Crippen LogP contribution in [0.25, 0.3) is 11.1 Å². The molecule has 1 aromatic carbocycles. The van der Waals surface area contributed by atoms with Gasteiger partial charge in [-0.3, -0.25) is 14.9 Å². The van der Waals surface area contributed by atoms with Crippen LogP contribution in [0, 0.1) is 10.1 Å². The number of aromatic amines is 1. The Bertz CT molecular complexity index is 728. The van der Waals surface area contributed by atoms with Crippen molar-refractivity contribution in [2.45, 2.75) is 0 Å². The molecule has 1 heterocycles. The lowest BCUT2D eigenvalue weighted by Crippen LogP contribution is -2.09. The van der Waals surface area contributed by atoms with Gasteiger partial charge in [-0.1, -0.05) is 34.8 Å². The van der Waals surface area contributed by atoms with Gasteiger partial charge in [-0.15, -0.1) is 0 Å². The van der Waals surface area contributed by atoms with Crippen LogP contribution in [-0.2, 0) is 0 Å². The van der Waals surface area contributed by atoms with Crippen LogP contribution in [-0.4, -0.2) is 9.91 Å². The fraction of sp³-hybridized carbons (Fsp3) is 0. The number of rotatable bonds is 2. The molecule has 1 N–H and O–H groups in total. The number of aromatic nitrogens is 1. The van der Waals surface area contributed by atoms with E-state index in [0.717, 1.165) is 12.3 Å². The van der Waals surface area contributed by atoms with Crippen LogP contribution >= 0.6 is 34.8 Å². The van der Waals surface area contributed by atoms with Crippen LogP contribution in [0.2, 0.25) is 15.1 Å². The van der Waals surface area contributed by atoms with Gasteiger partial charge in [0, 0.05) is 11.6 Å². The van der Waals surface area contributed by atoms with Crippen LogP contribution in [0.3, 0.4) is 0 Å². The summed E-state index contributed by atoms with van der Waals surface area (Å²) in [7, 11) is 0. The zero-order chi connectivity index (χ0) is 14.2. The fourth-order valence-electron chi connectivity index (χ4n) is 1.54. The second-order valence-electron chi connectivity index (χ2n) is 3.58. The van der Waals surface area contributed by atoms with E-state index in [1.807, 2.05) is 0 Å². The van der Waals surface area contributed by atoms with Gasteiger partial charge in [0.2, 0.25) is 0 Å². The third-order valence-electron chi connectivity index (χ3n) is 2.41. The highest BCUT2D eigenvalue weighted by Gasteiger charge is 2.18. The predicted molar refractivity (Wildman–Crippen MR) is 74.2 cm³/mol. The molecule has 0 saturated heterocycles. The van der Waals surface area contributed by atoms with Crippen molar-refractivity contribution >= 4 is 40.5 Å². The molecular weight excluding hydrogens is 314 g/mol. The Morgan fingerprint density at radius 2 is 1.79 bits per heavy atom. The highest BCUT2D eigenvalue weighted by Crippen LogP contribution is 2.38. The van der Waals surface area contributed by atoms with Gasteiger partial charge in [-0.2, -0.15) is 0 Å². The summed E-state index contributed by atoms with van der Waals surface area (Å²) in [4.78, 5) is 24.1. The molecule has 0 radical (unpaired) electrons. The van der Waals surface area contributed by atoms with E-state index in [-0.39, 0.29) is 31.9 Å². The monoisotopic (exact) mass is 318 g/mol. The molecule has 0 unspecified atom stereocenters. The molecule has 0 bridgehead atoms. The quantitative estimate of drug-likeness (QED) is 0.518. The van der Waals surface area contributed by atoms with Gasteiger partial charge in [0.1, 0.15) is 0 Å². The lowest BCUT2D eigenvalue weighted by Gasteiger charge is -2.07. The second kappa shape index (κ2) is 5.21. The number of nitrogens with one attached hydrogen (secondary N) is 1. The Hall–Kier alpha value is -1.56. The zero-order valence-electron chi connectivity index (χ0n) is 9.12. The first-order valence-corrected chi connectivity index (χ1v) is 6.06. The maximum Gasteiger partial charge on any atom is 0.286 e. The van der Waals surface area contributed by atoms with Crippen LogP contribution in [0.15, 0.2) is 29.2 Å². The number of nitrogens with zero attached hydrogens (tertiary/aromatic N) is 1. The Morgan fingerprint density at radius 1 is 1.16 bits per heavy atom. The Labute approximate surface area is 121 Å². The number of pyridine rings is 1. The summed E-state index contributed by atoms with van der Waals surface area (Å²) in [5.74, 6) is 0. The fourth-order valence-corrected chi connectivity index (χ4v) is 2.27. The van der Waals surface area contributed by atoms with Crippen molar-refractivity contribution in [3.05, 3.63) is 59.9 Å². The average molecular weight is 320 g/mol. The minimum atomic E-state index is -0.633.